The molecule has 1 atom stereocenters. The zero-order valence-corrected chi connectivity index (χ0v) is 21.8. The topological polar surface area (TPSA) is 111 Å². The summed E-state index contributed by atoms with van der Waals surface area (Å²) in [5.74, 6) is -0.622. The molecule has 3 amide bonds. The molecule has 0 fully saturated rings. The lowest BCUT2D eigenvalue weighted by atomic mass is 10.0. The smallest absolute Gasteiger partial charge is 0.251 e. The zero-order chi connectivity index (χ0) is 26.6. The molecule has 0 heterocycles. The third-order valence-corrected chi connectivity index (χ3v) is 6.74. The van der Waals surface area contributed by atoms with Crippen molar-refractivity contribution in [3.63, 3.8) is 0 Å². The van der Waals surface area contributed by atoms with Gasteiger partial charge in [0.15, 0.2) is 0 Å². The van der Waals surface area contributed by atoms with Gasteiger partial charge in [0, 0.05) is 43.4 Å². The molecule has 1 unspecified atom stereocenters. The van der Waals surface area contributed by atoms with Gasteiger partial charge in [0.1, 0.15) is 0 Å². The predicted octanol–water partition coefficient (Wildman–Crippen LogP) is 4.15. The molecule has 1 aliphatic carbocycles. The van der Waals surface area contributed by atoms with Crippen LogP contribution in [-0.4, -0.2) is 42.6 Å². The lowest BCUT2D eigenvalue weighted by Gasteiger charge is -2.21. The van der Waals surface area contributed by atoms with Crippen LogP contribution in [0.3, 0.4) is 0 Å². The number of hydroxylamine groups is 1. The Hall–Kier alpha value is -3.65. The number of hydrogen-bond acceptors (Lipinski definition) is 5. The van der Waals surface area contributed by atoms with Gasteiger partial charge in [-0.3, -0.25) is 19.6 Å². The number of fused-ring (bicyclic) bond motifs is 1. The van der Waals surface area contributed by atoms with Crippen LogP contribution in [0.2, 0.25) is 0 Å². The number of rotatable bonds is 13. The molecule has 1 aliphatic rings. The number of anilines is 1. The van der Waals surface area contributed by atoms with Crippen LogP contribution in [0.1, 0.15) is 79.0 Å². The highest BCUT2D eigenvalue weighted by atomic mass is 16.5. The number of benzene rings is 2. The number of nitrogens with one attached hydrogen (secondary N) is 3. The Morgan fingerprint density at radius 3 is 2.49 bits per heavy atom. The van der Waals surface area contributed by atoms with Crippen LogP contribution in [-0.2, 0) is 16.0 Å². The van der Waals surface area contributed by atoms with Crippen LogP contribution < -0.4 is 21.0 Å². The Kier molecular flexibility index (Phi) is 10.7. The summed E-state index contributed by atoms with van der Waals surface area (Å²) in [6, 6.07) is 13.8. The summed E-state index contributed by atoms with van der Waals surface area (Å²) in [4.78, 5) is 38.1. The second-order valence-corrected chi connectivity index (χ2v) is 9.21. The van der Waals surface area contributed by atoms with Gasteiger partial charge in [0.2, 0.25) is 11.8 Å². The van der Waals surface area contributed by atoms with E-state index in [1.807, 2.05) is 36.4 Å². The van der Waals surface area contributed by atoms with E-state index in [0.29, 0.717) is 18.5 Å². The van der Waals surface area contributed by atoms with Crippen molar-refractivity contribution in [3.05, 3.63) is 70.8 Å². The van der Waals surface area contributed by atoms with E-state index < -0.39 is 5.91 Å². The number of carbonyl (C=O) groups is 3. The Labute approximate surface area is 219 Å². The second kappa shape index (κ2) is 14.2. The molecule has 0 radical (unpaired) electrons. The average Bonchev–Trinajstić information content (AvgIpc) is 3.32. The molecule has 8 nitrogen and oxygen atoms in total. The van der Waals surface area contributed by atoms with Gasteiger partial charge >= 0.3 is 0 Å². The van der Waals surface area contributed by atoms with Gasteiger partial charge in [-0.25, -0.2) is 5.48 Å². The van der Waals surface area contributed by atoms with Crippen molar-refractivity contribution in [2.45, 2.75) is 58.4 Å². The number of hydrogen-bond donors (Lipinski definition) is 4. The standard InChI is InChI=1S/C29H38N4O4/c1-3-33(4-2)24-14-11-22(12-15-24)29(36)31-26-17-13-23-20-21(9-16-25(23)26)10-18-27(34)30-19-7-5-6-8-28(35)32-37/h9-12,14-16,18,20,26,37H,3-8,13,17,19H2,1-2H3,(H,30,34)(H,31,36)(H,32,35)/b18-10+. The molecule has 0 aromatic heterocycles. The molecule has 3 rings (SSSR count). The second-order valence-electron chi connectivity index (χ2n) is 9.21. The van der Waals surface area contributed by atoms with Crippen LogP contribution in [0, 0.1) is 0 Å². The molecule has 0 aliphatic heterocycles. The fraction of sp³-hybridized carbons (Fsp3) is 0.414. The van der Waals surface area contributed by atoms with E-state index in [1.165, 1.54) is 11.6 Å². The van der Waals surface area contributed by atoms with Crippen molar-refractivity contribution in [2.24, 2.45) is 0 Å². The van der Waals surface area contributed by atoms with Crippen LogP contribution in [0.25, 0.3) is 6.08 Å². The van der Waals surface area contributed by atoms with Crippen LogP contribution in [0.4, 0.5) is 5.69 Å². The molecule has 8 heteroatoms. The average molecular weight is 507 g/mol. The van der Waals surface area contributed by atoms with Gasteiger partial charge in [0.05, 0.1) is 6.04 Å². The van der Waals surface area contributed by atoms with Gasteiger partial charge in [-0.2, -0.15) is 0 Å². The molecule has 4 N–H and O–H groups in total. The molecule has 0 spiro atoms. The molecule has 0 bridgehead atoms. The summed E-state index contributed by atoms with van der Waals surface area (Å²) in [5, 5.41) is 14.5. The largest absolute Gasteiger partial charge is 0.372 e. The lowest BCUT2D eigenvalue weighted by molar-refractivity contribution is -0.129. The lowest BCUT2D eigenvalue weighted by Crippen LogP contribution is -2.27. The minimum absolute atomic E-state index is 0.0188. The number of amides is 3. The number of nitrogens with zero attached hydrogens (tertiary/aromatic N) is 1. The SMILES string of the molecule is CCN(CC)c1ccc(C(=O)NC2CCc3cc(/C=C/C(=O)NCCCCCC(=O)NO)ccc32)cc1. The number of carbonyl (C=O) groups excluding carboxylic acids is 3. The highest BCUT2D eigenvalue weighted by Crippen LogP contribution is 2.32. The minimum atomic E-state index is -0.393. The maximum atomic E-state index is 12.9. The summed E-state index contributed by atoms with van der Waals surface area (Å²) in [6.45, 7) is 6.63. The first-order chi connectivity index (χ1) is 17.9. The molecule has 198 valence electrons. The predicted molar refractivity (Wildman–Crippen MR) is 145 cm³/mol. The molecule has 2 aromatic carbocycles. The highest BCUT2D eigenvalue weighted by Gasteiger charge is 2.24. The van der Waals surface area contributed by atoms with Crippen molar-refractivity contribution >= 4 is 29.5 Å². The fourth-order valence-electron chi connectivity index (χ4n) is 4.63. The first-order valence-electron chi connectivity index (χ1n) is 13.1. The summed E-state index contributed by atoms with van der Waals surface area (Å²) in [7, 11) is 0. The van der Waals surface area contributed by atoms with Gasteiger partial charge in [-0.05, 0) is 86.6 Å². The van der Waals surface area contributed by atoms with E-state index in [1.54, 1.807) is 11.6 Å². The fourth-order valence-corrected chi connectivity index (χ4v) is 4.63. The molecular weight excluding hydrogens is 468 g/mol. The van der Waals surface area contributed by atoms with Crippen LogP contribution >= 0.6 is 0 Å². The Morgan fingerprint density at radius 1 is 1.03 bits per heavy atom. The van der Waals surface area contributed by atoms with Crippen molar-refractivity contribution in [3.8, 4) is 0 Å². The van der Waals surface area contributed by atoms with E-state index in [4.69, 9.17) is 5.21 Å². The monoisotopic (exact) mass is 506 g/mol. The number of aryl methyl sites for hydroxylation is 1. The Balaban J connectivity index is 1.47. The van der Waals surface area contributed by atoms with E-state index in [9.17, 15) is 14.4 Å². The van der Waals surface area contributed by atoms with E-state index in [2.05, 4.69) is 35.4 Å². The van der Waals surface area contributed by atoms with Crippen LogP contribution in [0.5, 0.6) is 0 Å². The molecule has 0 saturated carbocycles. The van der Waals surface area contributed by atoms with Crippen molar-refractivity contribution in [1.82, 2.24) is 16.1 Å². The minimum Gasteiger partial charge on any atom is -0.372 e. The van der Waals surface area contributed by atoms with Crippen molar-refractivity contribution < 1.29 is 19.6 Å². The van der Waals surface area contributed by atoms with Gasteiger partial charge in [-0.15, -0.1) is 0 Å². The summed E-state index contributed by atoms with van der Waals surface area (Å²) >= 11 is 0. The van der Waals surface area contributed by atoms with Crippen molar-refractivity contribution in [1.29, 1.82) is 0 Å². The molecule has 37 heavy (non-hydrogen) atoms. The third kappa shape index (κ3) is 8.18. The van der Waals surface area contributed by atoms with Gasteiger partial charge in [0.25, 0.3) is 5.91 Å². The first-order valence-corrected chi connectivity index (χ1v) is 13.1. The third-order valence-electron chi connectivity index (χ3n) is 6.74. The van der Waals surface area contributed by atoms with E-state index >= 15 is 0 Å². The molecular formula is C29H38N4O4. The first kappa shape index (κ1) is 27.9. The molecule has 2 aromatic rings. The van der Waals surface area contributed by atoms with Gasteiger partial charge in [-0.1, -0.05) is 24.6 Å². The van der Waals surface area contributed by atoms with E-state index in [-0.39, 0.29) is 24.3 Å². The zero-order valence-electron chi connectivity index (χ0n) is 21.8. The van der Waals surface area contributed by atoms with Crippen molar-refractivity contribution in [2.75, 3.05) is 24.5 Å². The number of unbranched alkanes of at least 4 members (excludes halogenated alkanes) is 2. The summed E-state index contributed by atoms with van der Waals surface area (Å²) < 4.78 is 0. The maximum absolute atomic E-state index is 12.9. The van der Waals surface area contributed by atoms with Gasteiger partial charge < -0.3 is 15.5 Å². The quantitative estimate of drug-likeness (QED) is 0.141. The summed E-state index contributed by atoms with van der Waals surface area (Å²) in [6.07, 6.45) is 7.55. The highest BCUT2D eigenvalue weighted by molar-refractivity contribution is 5.95. The Bertz CT molecular complexity index is 1090. The molecule has 0 saturated heterocycles. The normalized spacial score (nSPS) is 14.3. The van der Waals surface area contributed by atoms with Crippen LogP contribution in [0.15, 0.2) is 48.5 Å². The maximum Gasteiger partial charge on any atom is 0.251 e. The van der Waals surface area contributed by atoms with E-state index in [0.717, 1.165) is 55.6 Å². The Morgan fingerprint density at radius 2 is 1.78 bits per heavy atom. The summed E-state index contributed by atoms with van der Waals surface area (Å²) in [5.41, 5.74) is 6.65.